The number of rotatable bonds is 4. The zero-order valence-electron chi connectivity index (χ0n) is 10.9. The van der Waals surface area contributed by atoms with Gasteiger partial charge in [0.1, 0.15) is 5.82 Å². The summed E-state index contributed by atoms with van der Waals surface area (Å²) in [7, 11) is 3.75. The highest BCUT2D eigenvalue weighted by molar-refractivity contribution is 9.10. The van der Waals surface area contributed by atoms with E-state index in [1.54, 1.807) is 7.11 Å². The summed E-state index contributed by atoms with van der Waals surface area (Å²) in [5.74, 6) is 1.08. The summed E-state index contributed by atoms with van der Waals surface area (Å²) in [6.07, 6.45) is 4.50. The Morgan fingerprint density at radius 3 is 3.17 bits per heavy atom. The number of halogens is 1. The molecular formula is C13H20BrN3O. The first-order chi connectivity index (χ1) is 8.74. The standard InChI is InChI=1S/C13H20BrN3O/c1-15-7-10-6-11(14)8-16-13(10)17-5-3-4-12(9-17)18-2/h6,8,12,15H,3-5,7,9H2,1-2H3. The van der Waals surface area contributed by atoms with Crippen molar-refractivity contribution in [1.82, 2.24) is 10.3 Å². The van der Waals surface area contributed by atoms with E-state index in [-0.39, 0.29) is 0 Å². The van der Waals surface area contributed by atoms with Crippen LogP contribution in [0.4, 0.5) is 5.82 Å². The quantitative estimate of drug-likeness (QED) is 0.924. The molecule has 1 unspecified atom stereocenters. The van der Waals surface area contributed by atoms with Crippen molar-refractivity contribution in [2.75, 3.05) is 32.1 Å². The molecule has 4 nitrogen and oxygen atoms in total. The average Bonchev–Trinajstić information content (AvgIpc) is 2.39. The van der Waals surface area contributed by atoms with Crippen LogP contribution in [0.2, 0.25) is 0 Å². The second kappa shape index (κ2) is 6.50. The van der Waals surface area contributed by atoms with Gasteiger partial charge in [0.15, 0.2) is 0 Å². The van der Waals surface area contributed by atoms with E-state index in [2.05, 4.69) is 37.2 Å². The van der Waals surface area contributed by atoms with Crippen molar-refractivity contribution in [1.29, 1.82) is 0 Å². The zero-order valence-corrected chi connectivity index (χ0v) is 12.5. The van der Waals surface area contributed by atoms with Crippen LogP contribution in [-0.4, -0.2) is 38.3 Å². The number of hydrogen-bond acceptors (Lipinski definition) is 4. The number of ether oxygens (including phenoxy) is 1. The molecule has 2 rings (SSSR count). The predicted molar refractivity (Wildman–Crippen MR) is 76.9 cm³/mol. The first-order valence-corrected chi connectivity index (χ1v) is 7.10. The largest absolute Gasteiger partial charge is 0.380 e. The van der Waals surface area contributed by atoms with Crippen LogP contribution in [0.25, 0.3) is 0 Å². The number of piperidine rings is 1. The average molecular weight is 314 g/mol. The molecule has 0 saturated carbocycles. The SMILES string of the molecule is CNCc1cc(Br)cnc1N1CCCC(OC)C1. The number of nitrogens with one attached hydrogen (secondary N) is 1. The Morgan fingerprint density at radius 1 is 1.61 bits per heavy atom. The number of pyridine rings is 1. The molecule has 18 heavy (non-hydrogen) atoms. The lowest BCUT2D eigenvalue weighted by atomic mass is 10.1. The van der Waals surface area contributed by atoms with Crippen LogP contribution in [0.3, 0.4) is 0 Å². The Kier molecular flexibility index (Phi) is 4.97. The molecule has 2 heterocycles. The highest BCUT2D eigenvalue weighted by Crippen LogP contribution is 2.25. The lowest BCUT2D eigenvalue weighted by Crippen LogP contribution is -2.40. The van der Waals surface area contributed by atoms with E-state index in [9.17, 15) is 0 Å². The maximum Gasteiger partial charge on any atom is 0.133 e. The van der Waals surface area contributed by atoms with Gasteiger partial charge in [-0.2, -0.15) is 0 Å². The molecule has 100 valence electrons. The normalized spacial score (nSPS) is 20.2. The van der Waals surface area contributed by atoms with E-state index in [1.807, 2.05) is 13.2 Å². The Labute approximate surface area is 117 Å². The third kappa shape index (κ3) is 3.22. The molecular weight excluding hydrogens is 294 g/mol. The van der Waals surface area contributed by atoms with Crippen LogP contribution in [0.15, 0.2) is 16.7 Å². The fourth-order valence-electron chi connectivity index (χ4n) is 2.40. The van der Waals surface area contributed by atoms with Crippen LogP contribution >= 0.6 is 15.9 Å². The fourth-order valence-corrected chi connectivity index (χ4v) is 2.78. The van der Waals surface area contributed by atoms with Gasteiger partial charge in [-0.05, 0) is 41.9 Å². The minimum atomic E-state index is 0.326. The van der Waals surface area contributed by atoms with Crippen LogP contribution in [-0.2, 0) is 11.3 Å². The summed E-state index contributed by atoms with van der Waals surface area (Å²) >= 11 is 3.48. The first-order valence-electron chi connectivity index (χ1n) is 6.31. The van der Waals surface area contributed by atoms with E-state index >= 15 is 0 Å². The Morgan fingerprint density at radius 2 is 2.44 bits per heavy atom. The minimum absolute atomic E-state index is 0.326. The maximum atomic E-state index is 5.47. The third-order valence-electron chi connectivity index (χ3n) is 3.29. The molecule has 0 radical (unpaired) electrons. The highest BCUT2D eigenvalue weighted by atomic mass is 79.9. The van der Waals surface area contributed by atoms with Gasteiger partial charge in [-0.25, -0.2) is 4.98 Å². The number of hydrogen-bond donors (Lipinski definition) is 1. The van der Waals surface area contributed by atoms with Gasteiger partial charge in [0.05, 0.1) is 6.10 Å². The molecule has 0 aromatic carbocycles. The van der Waals surface area contributed by atoms with Crippen LogP contribution in [0, 0.1) is 0 Å². The van der Waals surface area contributed by atoms with Crippen molar-refractivity contribution in [3.05, 3.63) is 22.3 Å². The maximum absolute atomic E-state index is 5.47. The Hall–Kier alpha value is -0.650. The highest BCUT2D eigenvalue weighted by Gasteiger charge is 2.22. The monoisotopic (exact) mass is 313 g/mol. The smallest absolute Gasteiger partial charge is 0.133 e. The van der Waals surface area contributed by atoms with Crippen LogP contribution in [0.1, 0.15) is 18.4 Å². The summed E-state index contributed by atoms with van der Waals surface area (Å²) in [4.78, 5) is 6.90. The molecule has 1 aliphatic rings. The number of nitrogens with zero attached hydrogens (tertiary/aromatic N) is 2. The van der Waals surface area contributed by atoms with Gasteiger partial charge in [0, 0.05) is 43.0 Å². The zero-order chi connectivity index (χ0) is 13.0. The molecule has 1 fully saturated rings. The van der Waals surface area contributed by atoms with Crippen molar-refractivity contribution < 1.29 is 4.74 Å². The summed E-state index contributed by atoms with van der Waals surface area (Å²) in [6, 6.07) is 2.13. The van der Waals surface area contributed by atoms with Gasteiger partial charge >= 0.3 is 0 Å². The Balaban J connectivity index is 2.20. The van der Waals surface area contributed by atoms with Gasteiger partial charge in [-0.3, -0.25) is 0 Å². The summed E-state index contributed by atoms with van der Waals surface area (Å²) in [5.41, 5.74) is 1.23. The van der Waals surface area contributed by atoms with Gasteiger partial charge in [0.2, 0.25) is 0 Å². The molecule has 1 saturated heterocycles. The third-order valence-corrected chi connectivity index (χ3v) is 3.72. The Bertz CT molecular complexity index is 400. The molecule has 0 spiro atoms. The number of methoxy groups -OCH3 is 1. The summed E-state index contributed by atoms with van der Waals surface area (Å²) in [6.45, 7) is 2.82. The summed E-state index contributed by atoms with van der Waals surface area (Å²) in [5, 5.41) is 3.20. The van der Waals surface area contributed by atoms with Gasteiger partial charge in [-0.15, -0.1) is 0 Å². The second-order valence-corrected chi connectivity index (χ2v) is 5.53. The van der Waals surface area contributed by atoms with E-state index < -0.39 is 0 Å². The summed E-state index contributed by atoms with van der Waals surface area (Å²) < 4.78 is 6.50. The van der Waals surface area contributed by atoms with Gasteiger partial charge in [0.25, 0.3) is 0 Å². The van der Waals surface area contributed by atoms with Crippen molar-refractivity contribution in [3.63, 3.8) is 0 Å². The van der Waals surface area contributed by atoms with Crippen molar-refractivity contribution in [2.45, 2.75) is 25.5 Å². The van der Waals surface area contributed by atoms with E-state index in [1.165, 1.54) is 5.56 Å². The van der Waals surface area contributed by atoms with Crippen LogP contribution in [0.5, 0.6) is 0 Å². The first kappa shape index (κ1) is 13.8. The van der Waals surface area contributed by atoms with E-state index in [0.717, 1.165) is 42.8 Å². The fraction of sp³-hybridized carbons (Fsp3) is 0.615. The number of anilines is 1. The van der Waals surface area contributed by atoms with Crippen molar-refractivity contribution >= 4 is 21.7 Å². The molecule has 5 heteroatoms. The molecule has 1 aliphatic heterocycles. The van der Waals surface area contributed by atoms with E-state index in [4.69, 9.17) is 4.74 Å². The molecule has 1 N–H and O–H groups in total. The number of aromatic nitrogens is 1. The van der Waals surface area contributed by atoms with Gasteiger partial charge < -0.3 is 15.0 Å². The lowest BCUT2D eigenvalue weighted by Gasteiger charge is -2.34. The van der Waals surface area contributed by atoms with E-state index in [0.29, 0.717) is 6.10 Å². The molecule has 0 amide bonds. The topological polar surface area (TPSA) is 37.4 Å². The molecule has 0 aliphatic carbocycles. The minimum Gasteiger partial charge on any atom is -0.380 e. The lowest BCUT2D eigenvalue weighted by molar-refractivity contribution is 0.0891. The predicted octanol–water partition coefficient (Wildman–Crippen LogP) is 2.18. The molecule has 1 aromatic heterocycles. The molecule has 1 aromatic rings. The second-order valence-electron chi connectivity index (χ2n) is 4.61. The van der Waals surface area contributed by atoms with Crippen molar-refractivity contribution in [3.8, 4) is 0 Å². The van der Waals surface area contributed by atoms with Gasteiger partial charge in [-0.1, -0.05) is 0 Å². The molecule has 1 atom stereocenters. The van der Waals surface area contributed by atoms with Crippen LogP contribution < -0.4 is 10.2 Å². The van der Waals surface area contributed by atoms with Crippen molar-refractivity contribution in [2.24, 2.45) is 0 Å². The molecule has 0 bridgehead atoms.